The Balaban J connectivity index is 1.43. The second kappa shape index (κ2) is 11.8. The number of rotatable bonds is 8. The minimum absolute atomic E-state index is 0.0435. The minimum atomic E-state index is -4.59. The third-order valence-electron chi connectivity index (χ3n) is 7.55. The highest BCUT2D eigenvalue weighted by Crippen LogP contribution is 2.44. The van der Waals surface area contributed by atoms with Gasteiger partial charge in [0, 0.05) is 60.7 Å². The Labute approximate surface area is 242 Å². The zero-order valence-corrected chi connectivity index (χ0v) is 24.2. The number of halogens is 3. The number of hydrogen-bond acceptors (Lipinski definition) is 6. The molecule has 1 aromatic carbocycles. The van der Waals surface area contributed by atoms with Crippen molar-refractivity contribution in [2.75, 3.05) is 46.0 Å². The van der Waals surface area contributed by atoms with E-state index in [-0.39, 0.29) is 35.3 Å². The number of amides is 1. The van der Waals surface area contributed by atoms with Gasteiger partial charge in [0.2, 0.25) is 0 Å². The third kappa shape index (κ3) is 6.22. The summed E-state index contributed by atoms with van der Waals surface area (Å²) in [4.78, 5) is 17.5. The smallest absolute Gasteiger partial charge is 0.418 e. The molecule has 0 radical (unpaired) electrons. The molecule has 1 atom stereocenters. The predicted molar refractivity (Wildman–Crippen MR) is 150 cm³/mol. The number of carbonyl (C=O) groups excluding carboxylic acids is 1. The van der Waals surface area contributed by atoms with Gasteiger partial charge in [0.15, 0.2) is 6.29 Å². The average molecular weight is 591 g/mol. The molecule has 2 N–H and O–H groups in total. The van der Waals surface area contributed by atoms with Gasteiger partial charge in [0.05, 0.1) is 36.1 Å². The van der Waals surface area contributed by atoms with E-state index in [0.717, 1.165) is 25.7 Å². The lowest BCUT2D eigenvalue weighted by Crippen LogP contribution is -2.38. The first kappa shape index (κ1) is 30.1. The Bertz CT molecular complexity index is 1440. The molecular weight excluding hydrogens is 553 g/mol. The van der Waals surface area contributed by atoms with Gasteiger partial charge in [-0.15, -0.1) is 0 Å². The van der Waals surface area contributed by atoms with E-state index < -0.39 is 23.4 Å². The zero-order valence-electron chi connectivity index (χ0n) is 24.2. The summed E-state index contributed by atoms with van der Waals surface area (Å²) in [5.74, 6) is 0.253. The van der Waals surface area contributed by atoms with Crippen molar-refractivity contribution in [2.24, 2.45) is 0 Å². The van der Waals surface area contributed by atoms with Crippen molar-refractivity contribution in [1.82, 2.24) is 19.4 Å². The van der Waals surface area contributed by atoms with Gasteiger partial charge in [0.25, 0.3) is 5.91 Å². The molecule has 5 rings (SSSR count). The molecule has 1 fully saturated rings. The van der Waals surface area contributed by atoms with Gasteiger partial charge in [-0.2, -0.15) is 13.2 Å². The molecule has 2 aromatic heterocycles. The lowest BCUT2D eigenvalue weighted by Gasteiger charge is -2.29. The zero-order chi connectivity index (χ0) is 30.2. The van der Waals surface area contributed by atoms with Crippen LogP contribution in [0.3, 0.4) is 0 Å². The van der Waals surface area contributed by atoms with E-state index in [1.165, 1.54) is 21.8 Å². The Morgan fingerprint density at radius 3 is 2.48 bits per heavy atom. The molecule has 2 aliphatic rings. The first-order valence-electron chi connectivity index (χ1n) is 14.1. The van der Waals surface area contributed by atoms with E-state index in [2.05, 4.69) is 10.00 Å². The van der Waals surface area contributed by atoms with Gasteiger partial charge < -0.3 is 24.2 Å². The Kier molecular flexibility index (Phi) is 8.44. The van der Waals surface area contributed by atoms with Gasteiger partial charge in [-0.05, 0) is 44.2 Å². The normalized spacial score (nSPS) is 18.6. The van der Waals surface area contributed by atoms with Crippen molar-refractivity contribution in [2.45, 2.75) is 51.7 Å². The van der Waals surface area contributed by atoms with Gasteiger partial charge in [-0.1, -0.05) is 13.8 Å². The second-order valence-corrected chi connectivity index (χ2v) is 11.6. The number of ether oxygens (including phenoxy) is 3. The number of fused-ring (bicyclic) bond motifs is 3. The molecule has 1 saturated heterocycles. The number of H-pyrrole nitrogens is 1. The van der Waals surface area contributed by atoms with Crippen LogP contribution in [-0.4, -0.2) is 88.8 Å². The molecule has 9 nitrogen and oxygen atoms in total. The number of morpholine rings is 1. The van der Waals surface area contributed by atoms with E-state index >= 15 is 0 Å². The van der Waals surface area contributed by atoms with Crippen molar-refractivity contribution >= 4 is 17.0 Å². The van der Waals surface area contributed by atoms with Crippen LogP contribution < -0.4 is 4.74 Å². The summed E-state index contributed by atoms with van der Waals surface area (Å²) in [5, 5.41) is 14.1. The summed E-state index contributed by atoms with van der Waals surface area (Å²) in [6.07, 6.45) is -3.69. The van der Waals surface area contributed by atoms with Crippen LogP contribution in [0, 0.1) is 0 Å². The van der Waals surface area contributed by atoms with E-state index in [1.54, 1.807) is 52.0 Å². The molecule has 42 heavy (non-hydrogen) atoms. The summed E-state index contributed by atoms with van der Waals surface area (Å²) < 4.78 is 60.2. The highest BCUT2D eigenvalue weighted by molar-refractivity contribution is 5.96. The molecule has 3 aromatic rings. The standard InChI is InChI=1S/C30H37F3N4O5/c1-19(2)42-28(39)22-17-36(18-29(3,4)24-25(22)34-37-10-9-23(26(24)37)30(31,32)33)27(38)20-5-7-21(8-6-20)41-16-13-35-11-14-40-15-12-35/h5-10,17,19,28,34,39H,11-16,18H2,1-4H3. The molecule has 228 valence electrons. The van der Waals surface area contributed by atoms with Gasteiger partial charge in [-0.25, -0.2) is 0 Å². The van der Waals surface area contributed by atoms with Crippen LogP contribution in [0.25, 0.3) is 11.1 Å². The van der Waals surface area contributed by atoms with Gasteiger partial charge in [0.1, 0.15) is 12.4 Å². The topological polar surface area (TPSA) is 91.7 Å². The number of benzene rings is 1. The van der Waals surface area contributed by atoms with Crippen LogP contribution in [0.15, 0.2) is 42.7 Å². The Hall–Kier alpha value is -3.32. The maximum absolute atomic E-state index is 14.0. The van der Waals surface area contributed by atoms with E-state index in [4.69, 9.17) is 14.2 Å². The lowest BCUT2D eigenvalue weighted by molar-refractivity contribution is -0.136. The van der Waals surface area contributed by atoms with Crippen LogP contribution in [0.5, 0.6) is 5.75 Å². The number of aliphatic hydroxyl groups excluding tert-OH is 1. The summed E-state index contributed by atoms with van der Waals surface area (Å²) in [6, 6.07) is 7.78. The number of alkyl halides is 3. The van der Waals surface area contributed by atoms with Crippen LogP contribution in [0.4, 0.5) is 13.2 Å². The molecule has 0 bridgehead atoms. The number of aliphatic hydroxyl groups is 1. The minimum Gasteiger partial charge on any atom is -0.492 e. The van der Waals surface area contributed by atoms with E-state index in [0.29, 0.717) is 36.7 Å². The predicted octanol–water partition coefficient (Wildman–Crippen LogP) is 4.52. The Morgan fingerprint density at radius 2 is 1.83 bits per heavy atom. The fourth-order valence-corrected chi connectivity index (χ4v) is 5.58. The van der Waals surface area contributed by atoms with Crippen LogP contribution >= 0.6 is 0 Å². The second-order valence-electron chi connectivity index (χ2n) is 11.6. The molecule has 0 aliphatic carbocycles. The van der Waals surface area contributed by atoms with E-state index in [9.17, 15) is 23.1 Å². The van der Waals surface area contributed by atoms with Crippen molar-refractivity contribution in [3.8, 4) is 5.75 Å². The van der Waals surface area contributed by atoms with Crippen LogP contribution in [0.2, 0.25) is 0 Å². The molecule has 0 saturated carbocycles. The maximum Gasteiger partial charge on any atom is 0.418 e. The summed E-state index contributed by atoms with van der Waals surface area (Å²) in [5.41, 5.74) is -0.615. The van der Waals surface area contributed by atoms with Crippen molar-refractivity contribution in [3.63, 3.8) is 0 Å². The number of hydrogen-bond donors (Lipinski definition) is 2. The highest BCUT2D eigenvalue weighted by atomic mass is 19.4. The molecule has 0 spiro atoms. The molecule has 1 unspecified atom stereocenters. The fourth-order valence-electron chi connectivity index (χ4n) is 5.58. The van der Waals surface area contributed by atoms with E-state index in [1.807, 2.05) is 0 Å². The monoisotopic (exact) mass is 590 g/mol. The number of nitrogens with one attached hydrogen (secondary N) is 1. The molecule has 4 heterocycles. The quantitative estimate of drug-likeness (QED) is 0.375. The average Bonchev–Trinajstić information content (AvgIpc) is 3.47. The number of carbonyl (C=O) groups is 1. The molecular formula is C30H37F3N4O5. The molecule has 2 aliphatic heterocycles. The lowest BCUT2D eigenvalue weighted by atomic mass is 9.82. The van der Waals surface area contributed by atoms with Gasteiger partial charge in [-0.3, -0.25) is 19.3 Å². The van der Waals surface area contributed by atoms with Crippen molar-refractivity contribution in [1.29, 1.82) is 0 Å². The highest BCUT2D eigenvalue weighted by Gasteiger charge is 2.42. The maximum atomic E-state index is 14.0. The number of aromatic amines is 1. The van der Waals surface area contributed by atoms with Crippen LogP contribution in [0.1, 0.15) is 54.9 Å². The largest absolute Gasteiger partial charge is 0.492 e. The number of aromatic nitrogens is 2. The van der Waals surface area contributed by atoms with Crippen molar-refractivity contribution in [3.05, 3.63) is 65.1 Å². The SMILES string of the molecule is CC(C)OC(O)C1=CN(C(=O)c2ccc(OCCN3CCOCC3)cc2)CC(C)(C)c2c1[nH]n1ccc(C(F)(F)F)c21. The van der Waals surface area contributed by atoms with Crippen molar-refractivity contribution < 1.29 is 37.3 Å². The first-order valence-corrected chi connectivity index (χ1v) is 14.1. The molecule has 1 amide bonds. The summed E-state index contributed by atoms with van der Waals surface area (Å²) >= 11 is 0. The van der Waals surface area contributed by atoms with Gasteiger partial charge >= 0.3 is 6.18 Å². The Morgan fingerprint density at radius 1 is 1.14 bits per heavy atom. The third-order valence-corrected chi connectivity index (χ3v) is 7.55. The van der Waals surface area contributed by atoms with Crippen LogP contribution in [-0.2, 0) is 21.1 Å². The first-order chi connectivity index (χ1) is 19.8. The molecule has 12 heteroatoms. The summed E-state index contributed by atoms with van der Waals surface area (Å²) in [7, 11) is 0. The number of nitrogens with zero attached hydrogens (tertiary/aromatic N) is 3. The fraction of sp³-hybridized carbons (Fsp3) is 0.500. The summed E-state index contributed by atoms with van der Waals surface area (Å²) in [6.45, 7) is 11.5.